The van der Waals surface area contributed by atoms with Crippen molar-refractivity contribution in [2.75, 3.05) is 0 Å². The summed E-state index contributed by atoms with van der Waals surface area (Å²) in [6.07, 6.45) is 5.72. The second-order valence-corrected chi connectivity index (χ2v) is 3.81. The van der Waals surface area contributed by atoms with Crippen molar-refractivity contribution in [1.29, 1.82) is 0 Å². The molecule has 0 bridgehead atoms. The second-order valence-electron chi connectivity index (χ2n) is 3.81. The van der Waals surface area contributed by atoms with Gasteiger partial charge in [-0.25, -0.2) is 0 Å². The summed E-state index contributed by atoms with van der Waals surface area (Å²) in [6.45, 7) is 1.75. The average Bonchev–Trinajstić information content (AvgIpc) is 2.15. The standard InChI is InChI=1S/C12H16O4/c1-9-4-2-5-10(13)6-3-7-11(14)8-12(15)16-9/h2-3,5,7,9,11,14H,4,6,8H2,1H3. The molecule has 1 aliphatic rings. The second kappa shape index (κ2) is 6.23. The summed E-state index contributed by atoms with van der Waals surface area (Å²) < 4.78 is 5.03. The Bertz CT molecular complexity index is 317. The van der Waals surface area contributed by atoms with Crippen LogP contribution in [0, 0.1) is 0 Å². The molecule has 2 atom stereocenters. The van der Waals surface area contributed by atoms with Crippen LogP contribution in [-0.4, -0.2) is 29.1 Å². The van der Waals surface area contributed by atoms with Crippen LogP contribution in [0.2, 0.25) is 0 Å². The van der Waals surface area contributed by atoms with E-state index in [1.54, 1.807) is 19.1 Å². The molecule has 1 heterocycles. The molecule has 0 aromatic heterocycles. The Morgan fingerprint density at radius 2 is 2.12 bits per heavy atom. The summed E-state index contributed by atoms with van der Waals surface area (Å²) in [7, 11) is 0. The molecule has 4 nitrogen and oxygen atoms in total. The van der Waals surface area contributed by atoms with E-state index in [0.717, 1.165) is 0 Å². The van der Waals surface area contributed by atoms with E-state index in [4.69, 9.17) is 4.74 Å². The van der Waals surface area contributed by atoms with Gasteiger partial charge in [0, 0.05) is 12.8 Å². The number of ether oxygens (including phenoxy) is 1. The number of allylic oxidation sites excluding steroid dienone is 2. The molecule has 0 aliphatic carbocycles. The summed E-state index contributed by atoms with van der Waals surface area (Å²) in [5.74, 6) is -0.451. The van der Waals surface area contributed by atoms with Crippen LogP contribution in [0.3, 0.4) is 0 Å². The maximum absolute atomic E-state index is 11.3. The van der Waals surface area contributed by atoms with E-state index in [0.29, 0.717) is 6.42 Å². The Labute approximate surface area is 94.6 Å². The Morgan fingerprint density at radius 1 is 1.38 bits per heavy atom. The number of rotatable bonds is 0. The first kappa shape index (κ1) is 12.6. The molecule has 1 aliphatic heterocycles. The number of aliphatic hydroxyl groups excluding tert-OH is 1. The lowest BCUT2D eigenvalue weighted by molar-refractivity contribution is -0.149. The zero-order valence-corrected chi connectivity index (χ0v) is 9.26. The van der Waals surface area contributed by atoms with Crippen molar-refractivity contribution in [1.82, 2.24) is 0 Å². The molecule has 0 saturated heterocycles. The Balaban J connectivity index is 2.67. The predicted molar refractivity (Wildman–Crippen MR) is 58.7 cm³/mol. The summed E-state index contributed by atoms with van der Waals surface area (Å²) >= 11 is 0. The minimum absolute atomic E-state index is 0.0254. The molecule has 4 heteroatoms. The van der Waals surface area contributed by atoms with E-state index in [2.05, 4.69) is 0 Å². The first-order valence-electron chi connectivity index (χ1n) is 5.31. The van der Waals surface area contributed by atoms with Crippen molar-refractivity contribution >= 4 is 11.8 Å². The Morgan fingerprint density at radius 3 is 2.88 bits per heavy atom. The molecule has 2 unspecified atom stereocenters. The topological polar surface area (TPSA) is 63.6 Å². The van der Waals surface area contributed by atoms with Gasteiger partial charge in [0.25, 0.3) is 0 Å². The molecule has 0 radical (unpaired) electrons. The van der Waals surface area contributed by atoms with Crippen molar-refractivity contribution in [3.63, 3.8) is 0 Å². The van der Waals surface area contributed by atoms with Gasteiger partial charge < -0.3 is 9.84 Å². The minimum Gasteiger partial charge on any atom is -0.462 e. The molecular formula is C12H16O4. The van der Waals surface area contributed by atoms with Gasteiger partial charge in [0.1, 0.15) is 6.10 Å². The molecule has 0 aromatic carbocycles. The fraction of sp³-hybridized carbons (Fsp3) is 0.500. The van der Waals surface area contributed by atoms with Gasteiger partial charge in [0.15, 0.2) is 5.78 Å². The molecule has 0 amide bonds. The Kier molecular flexibility index (Phi) is 4.92. The first-order valence-corrected chi connectivity index (χ1v) is 5.31. The molecule has 0 aromatic rings. The van der Waals surface area contributed by atoms with Gasteiger partial charge in [-0.15, -0.1) is 0 Å². The molecule has 1 rings (SSSR count). The van der Waals surface area contributed by atoms with Crippen LogP contribution < -0.4 is 0 Å². The van der Waals surface area contributed by atoms with Gasteiger partial charge >= 0.3 is 5.97 Å². The average molecular weight is 224 g/mol. The third kappa shape index (κ3) is 4.89. The van der Waals surface area contributed by atoms with Crippen LogP contribution in [0.15, 0.2) is 24.3 Å². The lowest BCUT2D eigenvalue weighted by Gasteiger charge is -2.12. The van der Waals surface area contributed by atoms with E-state index in [-0.39, 0.29) is 24.7 Å². The first-order chi connectivity index (χ1) is 7.58. The number of aliphatic hydroxyl groups is 1. The third-order valence-corrected chi connectivity index (χ3v) is 2.16. The van der Waals surface area contributed by atoms with E-state index >= 15 is 0 Å². The SMILES string of the molecule is CC1CC=CC(=O)CC=CC(O)CC(=O)O1. The molecular weight excluding hydrogens is 208 g/mol. The van der Waals surface area contributed by atoms with Crippen molar-refractivity contribution in [2.24, 2.45) is 0 Å². The van der Waals surface area contributed by atoms with Crippen LogP contribution in [0.1, 0.15) is 26.2 Å². The fourth-order valence-corrected chi connectivity index (χ4v) is 1.36. The van der Waals surface area contributed by atoms with Gasteiger partial charge in [-0.05, 0) is 13.0 Å². The van der Waals surface area contributed by atoms with Gasteiger partial charge in [0.05, 0.1) is 12.5 Å². The van der Waals surface area contributed by atoms with Crippen LogP contribution in [0.4, 0.5) is 0 Å². The monoisotopic (exact) mass is 224 g/mol. The third-order valence-electron chi connectivity index (χ3n) is 2.16. The highest BCUT2D eigenvalue weighted by atomic mass is 16.5. The van der Waals surface area contributed by atoms with E-state index in [9.17, 15) is 14.7 Å². The summed E-state index contributed by atoms with van der Waals surface area (Å²) in [5.41, 5.74) is 0. The number of cyclic esters (lactones) is 1. The number of carbonyl (C=O) groups excluding carboxylic acids is 2. The zero-order chi connectivity index (χ0) is 12.0. The van der Waals surface area contributed by atoms with Crippen LogP contribution in [0.25, 0.3) is 0 Å². The summed E-state index contributed by atoms with van der Waals surface area (Å²) in [5, 5.41) is 9.42. The molecule has 0 fully saturated rings. The van der Waals surface area contributed by atoms with Gasteiger partial charge in [-0.2, -0.15) is 0 Å². The molecule has 16 heavy (non-hydrogen) atoms. The van der Waals surface area contributed by atoms with Crippen molar-refractivity contribution in [3.05, 3.63) is 24.3 Å². The maximum atomic E-state index is 11.3. The molecule has 88 valence electrons. The minimum atomic E-state index is -0.879. The number of carbonyl (C=O) groups is 2. The lowest BCUT2D eigenvalue weighted by atomic mass is 10.1. The largest absolute Gasteiger partial charge is 0.462 e. The molecule has 0 spiro atoms. The predicted octanol–water partition coefficient (Wildman–Crippen LogP) is 1.14. The summed E-state index contributed by atoms with van der Waals surface area (Å²) in [4.78, 5) is 22.5. The fourth-order valence-electron chi connectivity index (χ4n) is 1.36. The van der Waals surface area contributed by atoms with Crippen molar-refractivity contribution < 1.29 is 19.4 Å². The normalized spacial score (nSPS) is 28.1. The molecule has 0 saturated carbocycles. The highest BCUT2D eigenvalue weighted by Gasteiger charge is 2.13. The number of hydrogen-bond acceptors (Lipinski definition) is 4. The van der Waals surface area contributed by atoms with Crippen molar-refractivity contribution in [2.45, 2.75) is 38.4 Å². The number of esters is 1. The van der Waals surface area contributed by atoms with E-state index in [1.807, 2.05) is 0 Å². The van der Waals surface area contributed by atoms with Crippen molar-refractivity contribution in [3.8, 4) is 0 Å². The zero-order valence-electron chi connectivity index (χ0n) is 9.26. The maximum Gasteiger partial charge on any atom is 0.309 e. The van der Waals surface area contributed by atoms with Crippen LogP contribution in [-0.2, 0) is 14.3 Å². The lowest BCUT2D eigenvalue weighted by Crippen LogP contribution is -2.19. The Hall–Kier alpha value is -1.42. The smallest absolute Gasteiger partial charge is 0.309 e. The number of hydrogen-bond donors (Lipinski definition) is 1. The summed E-state index contributed by atoms with van der Waals surface area (Å²) in [6, 6.07) is 0. The van der Waals surface area contributed by atoms with Gasteiger partial charge in [-0.1, -0.05) is 18.2 Å². The quantitative estimate of drug-likeness (QED) is 0.495. The highest BCUT2D eigenvalue weighted by molar-refractivity contribution is 5.90. The number of ketones is 1. The van der Waals surface area contributed by atoms with Crippen LogP contribution >= 0.6 is 0 Å². The van der Waals surface area contributed by atoms with Gasteiger partial charge in [0.2, 0.25) is 0 Å². The molecule has 1 N–H and O–H groups in total. The van der Waals surface area contributed by atoms with Crippen LogP contribution in [0.5, 0.6) is 0 Å². The van der Waals surface area contributed by atoms with Gasteiger partial charge in [-0.3, -0.25) is 9.59 Å². The van der Waals surface area contributed by atoms with E-state index in [1.165, 1.54) is 12.2 Å². The van der Waals surface area contributed by atoms with E-state index < -0.39 is 12.1 Å². The highest BCUT2D eigenvalue weighted by Crippen LogP contribution is 2.06.